The van der Waals surface area contributed by atoms with Crippen molar-refractivity contribution in [2.45, 2.75) is 31.6 Å². The molecule has 2 aliphatic heterocycles. The number of alkyl halides is 2. The number of fused-ring (bicyclic) bond motifs is 2. The molecule has 1 aromatic carbocycles. The largest absolute Gasteiger partial charge is 0.378 e. The van der Waals surface area contributed by atoms with Crippen molar-refractivity contribution in [2.24, 2.45) is 5.92 Å². The summed E-state index contributed by atoms with van der Waals surface area (Å²) < 4.78 is 51.2. The highest BCUT2D eigenvalue weighted by atomic mass is 19.1. The lowest BCUT2D eigenvalue weighted by Crippen LogP contribution is -2.59. The molecule has 4 aromatic rings. The number of aromatic nitrogens is 6. The maximum absolute atomic E-state index is 15.4. The van der Waals surface area contributed by atoms with E-state index >= 15 is 8.78 Å². The highest BCUT2D eigenvalue weighted by molar-refractivity contribution is 5.87. The van der Waals surface area contributed by atoms with Crippen molar-refractivity contribution < 1.29 is 17.9 Å². The number of aromatic amines is 1. The van der Waals surface area contributed by atoms with Gasteiger partial charge in [0.25, 0.3) is 5.56 Å². The minimum absolute atomic E-state index is 0.0159. The first kappa shape index (κ1) is 23.9. The molecule has 3 aromatic heterocycles. The lowest BCUT2D eigenvalue weighted by atomic mass is 9.83. The summed E-state index contributed by atoms with van der Waals surface area (Å²) in [7, 11) is 0. The normalized spacial score (nSPS) is 23.1. The van der Waals surface area contributed by atoms with E-state index in [9.17, 15) is 9.18 Å². The second kappa shape index (κ2) is 9.14. The lowest BCUT2D eigenvalue weighted by Gasteiger charge is -2.46. The molecular formula is C24H27F3N8O2. The fraction of sp³-hybridized carbons (Fsp3) is 0.500. The fourth-order valence-electron chi connectivity index (χ4n) is 5.29. The molecule has 2 unspecified atom stereocenters. The molecule has 0 bridgehead atoms. The Morgan fingerprint density at radius 2 is 2.16 bits per heavy atom. The Morgan fingerprint density at radius 3 is 2.89 bits per heavy atom. The van der Waals surface area contributed by atoms with Crippen LogP contribution in [-0.4, -0.2) is 85.7 Å². The number of rotatable bonds is 7. The molecule has 5 heterocycles. The second-order valence-electron chi connectivity index (χ2n) is 9.96. The third-order valence-electron chi connectivity index (χ3n) is 7.48. The molecule has 196 valence electrons. The van der Waals surface area contributed by atoms with Crippen LogP contribution in [0.2, 0.25) is 0 Å². The fourth-order valence-corrected chi connectivity index (χ4v) is 5.29. The van der Waals surface area contributed by atoms with E-state index in [1.807, 2.05) is 0 Å². The Kier molecular flexibility index (Phi) is 5.91. The van der Waals surface area contributed by atoms with Gasteiger partial charge in [0.05, 0.1) is 43.1 Å². The van der Waals surface area contributed by atoms with E-state index in [2.05, 4.69) is 30.6 Å². The van der Waals surface area contributed by atoms with E-state index in [1.165, 1.54) is 9.20 Å². The molecule has 2 fully saturated rings. The number of benzene rings is 1. The minimum Gasteiger partial charge on any atom is -0.378 e. The van der Waals surface area contributed by atoms with Gasteiger partial charge in [-0.1, -0.05) is 11.3 Å². The molecule has 2 atom stereocenters. The van der Waals surface area contributed by atoms with Crippen LogP contribution in [-0.2, 0) is 11.3 Å². The predicted octanol–water partition coefficient (Wildman–Crippen LogP) is 2.40. The van der Waals surface area contributed by atoms with Crippen LogP contribution in [0.5, 0.6) is 0 Å². The first-order valence-corrected chi connectivity index (χ1v) is 12.3. The molecule has 6 rings (SSSR count). The number of halogens is 3. The summed E-state index contributed by atoms with van der Waals surface area (Å²) in [6.45, 7) is 3.66. The third kappa shape index (κ3) is 4.25. The molecule has 2 N–H and O–H groups in total. The van der Waals surface area contributed by atoms with Crippen LogP contribution in [0, 0.1) is 11.7 Å². The van der Waals surface area contributed by atoms with Crippen LogP contribution in [0.25, 0.3) is 27.7 Å². The Morgan fingerprint density at radius 1 is 1.32 bits per heavy atom. The maximum Gasteiger partial charge on any atom is 0.277 e. The van der Waals surface area contributed by atoms with E-state index in [-0.39, 0.29) is 42.1 Å². The summed E-state index contributed by atoms with van der Waals surface area (Å²) in [5.41, 5.74) is -0.389. The Labute approximate surface area is 209 Å². The van der Waals surface area contributed by atoms with E-state index in [1.54, 1.807) is 25.1 Å². The van der Waals surface area contributed by atoms with Crippen molar-refractivity contribution in [1.82, 2.24) is 34.5 Å². The molecule has 2 saturated heterocycles. The second-order valence-corrected chi connectivity index (χ2v) is 9.96. The van der Waals surface area contributed by atoms with Crippen molar-refractivity contribution in [3.63, 3.8) is 0 Å². The van der Waals surface area contributed by atoms with Gasteiger partial charge in [-0.05, 0) is 37.6 Å². The number of hydrogen-bond acceptors (Lipinski definition) is 7. The topological polar surface area (TPSA) is 105 Å². The van der Waals surface area contributed by atoms with Crippen LogP contribution in [0.1, 0.15) is 13.3 Å². The number of likely N-dealkylation sites (tertiary alicyclic amines) is 1. The van der Waals surface area contributed by atoms with E-state index in [0.29, 0.717) is 42.8 Å². The maximum atomic E-state index is 15.4. The molecular weight excluding hydrogens is 489 g/mol. The smallest absolute Gasteiger partial charge is 0.277 e. The van der Waals surface area contributed by atoms with Gasteiger partial charge in [0, 0.05) is 19.0 Å². The van der Waals surface area contributed by atoms with Crippen molar-refractivity contribution in [1.29, 1.82) is 0 Å². The number of hydrogen-bond donors (Lipinski definition) is 2. The number of nitrogens with zero attached hydrogens (tertiary/aromatic N) is 6. The number of anilines is 1. The van der Waals surface area contributed by atoms with Gasteiger partial charge in [-0.3, -0.25) is 14.7 Å². The molecule has 0 radical (unpaired) electrons. The molecule has 0 amide bonds. The number of ether oxygens (including phenoxy) is 1. The zero-order valence-electron chi connectivity index (χ0n) is 20.3. The zero-order chi connectivity index (χ0) is 25.7. The molecule has 0 aliphatic carbocycles. The predicted molar refractivity (Wildman–Crippen MR) is 131 cm³/mol. The summed E-state index contributed by atoms with van der Waals surface area (Å²) in [6.07, 6.45) is 1.78. The van der Waals surface area contributed by atoms with Gasteiger partial charge < -0.3 is 10.1 Å². The number of aryl methyl sites for hydroxylation is 1. The highest BCUT2D eigenvalue weighted by Crippen LogP contribution is 2.33. The van der Waals surface area contributed by atoms with Crippen molar-refractivity contribution >= 4 is 22.5 Å². The van der Waals surface area contributed by atoms with Crippen LogP contribution in [0.4, 0.5) is 19.1 Å². The molecule has 13 heteroatoms. The Balaban J connectivity index is 1.25. The van der Waals surface area contributed by atoms with Crippen LogP contribution in [0.15, 0.2) is 29.2 Å². The summed E-state index contributed by atoms with van der Waals surface area (Å²) in [5, 5.41) is 15.3. The van der Waals surface area contributed by atoms with E-state index in [0.717, 1.165) is 12.7 Å². The van der Waals surface area contributed by atoms with Gasteiger partial charge in [-0.15, -0.1) is 10.2 Å². The quantitative estimate of drug-likeness (QED) is 0.389. The van der Waals surface area contributed by atoms with Crippen molar-refractivity contribution in [3.8, 4) is 11.1 Å². The number of piperidine rings is 1. The van der Waals surface area contributed by atoms with E-state index < -0.39 is 23.7 Å². The summed E-state index contributed by atoms with van der Waals surface area (Å²) in [6, 6.07) is 5.18. The molecule has 0 saturated carbocycles. The van der Waals surface area contributed by atoms with Crippen molar-refractivity contribution in [2.75, 3.05) is 44.8 Å². The summed E-state index contributed by atoms with van der Waals surface area (Å²) in [4.78, 5) is 17.8. The molecule has 10 nitrogen and oxygen atoms in total. The van der Waals surface area contributed by atoms with Gasteiger partial charge in [0.1, 0.15) is 23.4 Å². The zero-order valence-corrected chi connectivity index (χ0v) is 20.3. The van der Waals surface area contributed by atoms with Gasteiger partial charge in [-0.2, -0.15) is 0 Å². The van der Waals surface area contributed by atoms with E-state index in [4.69, 9.17) is 4.74 Å². The standard InChI is InChI=1S/C24H27F3N8O2/c1-24(27)13-33(16-11-37-12-16)6-4-15(24)9-28-23-29-22(36)21-20(17(26)10-35(21)31-23)14-2-3-18-19(8-14)34(7-5-25)32-30-18/h2-3,8,10,15-16H,4-7,9,11-13H2,1H3,(H2,28,29,31,36). The molecule has 37 heavy (non-hydrogen) atoms. The van der Waals surface area contributed by atoms with Crippen LogP contribution in [0.3, 0.4) is 0 Å². The monoisotopic (exact) mass is 516 g/mol. The Bertz CT molecular complexity index is 1510. The van der Waals surface area contributed by atoms with Gasteiger partial charge in [0.15, 0.2) is 5.82 Å². The summed E-state index contributed by atoms with van der Waals surface area (Å²) in [5.74, 6) is -0.787. The van der Waals surface area contributed by atoms with Crippen molar-refractivity contribution in [3.05, 3.63) is 40.6 Å². The third-order valence-corrected chi connectivity index (χ3v) is 7.48. The molecule has 0 spiro atoms. The van der Waals surface area contributed by atoms with Crippen LogP contribution < -0.4 is 10.9 Å². The average molecular weight is 517 g/mol. The molecule has 2 aliphatic rings. The number of H-pyrrole nitrogens is 1. The average Bonchev–Trinajstić information content (AvgIpc) is 3.37. The van der Waals surface area contributed by atoms with Gasteiger partial charge in [-0.25, -0.2) is 22.4 Å². The van der Waals surface area contributed by atoms with Crippen LogP contribution >= 0.6 is 0 Å². The van der Waals surface area contributed by atoms with Gasteiger partial charge in [0.2, 0.25) is 5.95 Å². The summed E-state index contributed by atoms with van der Waals surface area (Å²) >= 11 is 0. The SMILES string of the molecule is CC1(F)CN(C2COC2)CCC1CNc1nn2cc(F)c(-c3ccc4nnn(CCF)c4c3)c2c(=O)[nH]1. The first-order valence-electron chi connectivity index (χ1n) is 12.3. The minimum atomic E-state index is -1.42. The Hall–Kier alpha value is -3.45. The first-order chi connectivity index (χ1) is 17.8. The highest BCUT2D eigenvalue weighted by Gasteiger charge is 2.43. The lowest BCUT2D eigenvalue weighted by molar-refractivity contribution is -0.102. The number of nitrogens with one attached hydrogen (secondary N) is 2. The van der Waals surface area contributed by atoms with Gasteiger partial charge >= 0.3 is 0 Å².